The van der Waals surface area contributed by atoms with Gasteiger partial charge in [0.05, 0.1) is 19.3 Å². The van der Waals surface area contributed by atoms with Crippen LogP contribution in [0.5, 0.6) is 5.75 Å². The van der Waals surface area contributed by atoms with Crippen LogP contribution in [0.1, 0.15) is 44.2 Å². The lowest BCUT2D eigenvalue weighted by Gasteiger charge is -2.39. The van der Waals surface area contributed by atoms with Gasteiger partial charge in [0.1, 0.15) is 18.0 Å². The largest absolute Gasteiger partial charge is 0.489 e. The second-order valence-electron chi connectivity index (χ2n) is 8.83. The highest BCUT2D eigenvalue weighted by atomic mass is 16.6. The number of nitrogens with zero attached hydrogens (tertiary/aromatic N) is 1. The fourth-order valence-electron chi connectivity index (χ4n) is 3.70. The van der Waals surface area contributed by atoms with Gasteiger partial charge in [-0.3, -0.25) is 0 Å². The molecule has 1 heterocycles. The van der Waals surface area contributed by atoms with Crippen LogP contribution in [-0.4, -0.2) is 42.4 Å². The quantitative estimate of drug-likeness (QED) is 0.547. The normalized spacial score (nSPS) is 19.0. The Balaban J connectivity index is 1.64. The van der Waals surface area contributed by atoms with Crippen LogP contribution in [0.3, 0.4) is 0 Å². The minimum Gasteiger partial charge on any atom is -0.489 e. The summed E-state index contributed by atoms with van der Waals surface area (Å²) in [5, 5.41) is 0. The first-order valence-electron chi connectivity index (χ1n) is 10.8. The summed E-state index contributed by atoms with van der Waals surface area (Å²) < 4.78 is 17.5. The van der Waals surface area contributed by atoms with Crippen molar-refractivity contribution in [2.24, 2.45) is 0 Å². The van der Waals surface area contributed by atoms with Gasteiger partial charge in [-0.2, -0.15) is 0 Å². The monoisotopic (exact) mass is 423 g/mol. The second-order valence-corrected chi connectivity index (χ2v) is 8.83. The lowest BCUT2D eigenvalue weighted by Crippen LogP contribution is -2.48. The van der Waals surface area contributed by atoms with Gasteiger partial charge in [0.25, 0.3) is 0 Å². The van der Waals surface area contributed by atoms with E-state index >= 15 is 0 Å². The summed E-state index contributed by atoms with van der Waals surface area (Å²) in [5.41, 5.74) is 1.81. The number of rotatable bonds is 7. The average Bonchev–Trinajstić information content (AvgIpc) is 2.76. The van der Waals surface area contributed by atoms with E-state index in [9.17, 15) is 4.79 Å². The van der Waals surface area contributed by atoms with Gasteiger partial charge in [0.2, 0.25) is 0 Å². The Bertz CT molecular complexity index is 842. The molecular formula is C26H33NO4. The van der Waals surface area contributed by atoms with Crippen molar-refractivity contribution < 1.29 is 19.0 Å². The van der Waals surface area contributed by atoms with Crippen LogP contribution in [0.2, 0.25) is 0 Å². The lowest BCUT2D eigenvalue weighted by atomic mass is 9.87. The molecule has 1 aliphatic rings. The maximum atomic E-state index is 12.5. The summed E-state index contributed by atoms with van der Waals surface area (Å²) in [6.07, 6.45) is 2.15. The minimum atomic E-state index is -0.513. The highest BCUT2D eigenvalue weighted by Gasteiger charge is 2.34. The first-order valence-corrected chi connectivity index (χ1v) is 10.8. The van der Waals surface area contributed by atoms with Gasteiger partial charge in [0.15, 0.2) is 0 Å². The van der Waals surface area contributed by atoms with Gasteiger partial charge in [-0.15, -0.1) is 6.58 Å². The molecule has 2 unspecified atom stereocenters. The van der Waals surface area contributed by atoms with Crippen molar-refractivity contribution in [3.05, 3.63) is 78.4 Å². The third-order valence-corrected chi connectivity index (χ3v) is 5.20. The number of hydrogen-bond donors (Lipinski definition) is 0. The van der Waals surface area contributed by atoms with Crippen molar-refractivity contribution in [1.82, 2.24) is 4.90 Å². The van der Waals surface area contributed by atoms with Gasteiger partial charge >= 0.3 is 6.09 Å². The van der Waals surface area contributed by atoms with Crippen molar-refractivity contribution in [3.8, 4) is 5.75 Å². The average molecular weight is 424 g/mol. The fraction of sp³-hybridized carbons (Fsp3) is 0.423. The third-order valence-electron chi connectivity index (χ3n) is 5.20. The van der Waals surface area contributed by atoms with Crippen molar-refractivity contribution >= 4 is 6.09 Å². The maximum absolute atomic E-state index is 12.5. The van der Waals surface area contributed by atoms with E-state index in [4.69, 9.17) is 14.2 Å². The molecule has 2 aromatic carbocycles. The molecule has 31 heavy (non-hydrogen) atoms. The summed E-state index contributed by atoms with van der Waals surface area (Å²) >= 11 is 0. The maximum Gasteiger partial charge on any atom is 0.410 e. The zero-order valence-electron chi connectivity index (χ0n) is 18.8. The Labute approximate surface area is 185 Å². The standard InChI is InChI=1S/C26H33NO4/c1-5-17-29-24-18-27(25(28)31-26(2,3)4)16-15-23(24)21-11-13-22(14-12-21)30-19-20-9-7-6-8-10-20/h5-14,23-24H,1,15-19H2,2-4H3. The molecule has 2 aromatic rings. The SMILES string of the molecule is C=CCOC1CN(C(=O)OC(C)(C)C)CCC1c1ccc(OCc2ccccc2)cc1. The first-order chi connectivity index (χ1) is 14.9. The zero-order chi connectivity index (χ0) is 22.3. The number of carbonyl (C=O) groups is 1. The van der Waals surface area contributed by atoms with E-state index in [0.29, 0.717) is 26.3 Å². The van der Waals surface area contributed by atoms with Crippen LogP contribution in [0, 0.1) is 0 Å². The number of ether oxygens (including phenoxy) is 3. The third kappa shape index (κ3) is 6.86. The number of hydrogen-bond acceptors (Lipinski definition) is 4. The highest BCUT2D eigenvalue weighted by Crippen LogP contribution is 2.32. The topological polar surface area (TPSA) is 48.0 Å². The highest BCUT2D eigenvalue weighted by molar-refractivity contribution is 5.68. The van der Waals surface area contributed by atoms with Gasteiger partial charge in [-0.05, 0) is 50.5 Å². The number of carbonyl (C=O) groups excluding carboxylic acids is 1. The molecule has 0 saturated carbocycles. The summed E-state index contributed by atoms with van der Waals surface area (Å²) in [4.78, 5) is 14.3. The lowest BCUT2D eigenvalue weighted by molar-refractivity contribution is -0.0223. The minimum absolute atomic E-state index is 0.115. The molecule has 3 rings (SSSR count). The molecule has 1 aliphatic heterocycles. The summed E-state index contributed by atoms with van der Waals surface area (Å²) in [6.45, 7) is 11.5. The number of piperidine rings is 1. The molecule has 0 aromatic heterocycles. The first kappa shape index (κ1) is 22.9. The van der Waals surface area contributed by atoms with Gasteiger partial charge in [-0.1, -0.05) is 48.5 Å². The van der Waals surface area contributed by atoms with Crippen molar-refractivity contribution in [1.29, 1.82) is 0 Å². The summed E-state index contributed by atoms with van der Waals surface area (Å²) in [6, 6.07) is 18.3. The van der Waals surface area contributed by atoms with E-state index in [1.165, 1.54) is 5.56 Å². The smallest absolute Gasteiger partial charge is 0.410 e. The number of benzene rings is 2. The van der Waals surface area contributed by atoms with E-state index in [1.54, 1.807) is 11.0 Å². The number of amides is 1. The van der Waals surface area contributed by atoms with Crippen LogP contribution in [0.4, 0.5) is 4.79 Å². The Hall–Kier alpha value is -2.79. The molecule has 0 spiro atoms. The van der Waals surface area contributed by atoms with E-state index < -0.39 is 5.60 Å². The van der Waals surface area contributed by atoms with E-state index in [-0.39, 0.29) is 18.1 Å². The van der Waals surface area contributed by atoms with Crippen molar-refractivity contribution in [2.45, 2.75) is 51.4 Å². The predicted molar refractivity (Wildman–Crippen MR) is 122 cm³/mol. The summed E-state index contributed by atoms with van der Waals surface area (Å²) in [5.74, 6) is 1.03. The van der Waals surface area contributed by atoms with E-state index in [1.807, 2.05) is 63.2 Å². The molecule has 0 radical (unpaired) electrons. The van der Waals surface area contributed by atoms with Gasteiger partial charge in [-0.25, -0.2) is 4.79 Å². The van der Waals surface area contributed by atoms with Crippen LogP contribution >= 0.6 is 0 Å². The Morgan fingerprint density at radius 3 is 2.48 bits per heavy atom. The Kier molecular flexibility index (Phi) is 7.75. The Morgan fingerprint density at radius 2 is 1.84 bits per heavy atom. The molecule has 0 bridgehead atoms. The van der Waals surface area contributed by atoms with Gasteiger partial charge < -0.3 is 19.1 Å². The molecule has 2 atom stereocenters. The molecule has 0 N–H and O–H groups in total. The molecule has 0 aliphatic carbocycles. The fourth-order valence-corrected chi connectivity index (χ4v) is 3.70. The van der Waals surface area contributed by atoms with E-state index in [2.05, 4.69) is 18.7 Å². The Morgan fingerprint density at radius 1 is 1.13 bits per heavy atom. The van der Waals surface area contributed by atoms with Crippen LogP contribution in [0.25, 0.3) is 0 Å². The zero-order valence-corrected chi connectivity index (χ0v) is 18.8. The van der Waals surface area contributed by atoms with Gasteiger partial charge in [0, 0.05) is 12.5 Å². The molecule has 166 valence electrons. The van der Waals surface area contributed by atoms with Crippen LogP contribution < -0.4 is 4.74 Å². The summed E-state index contributed by atoms with van der Waals surface area (Å²) in [7, 11) is 0. The van der Waals surface area contributed by atoms with Crippen molar-refractivity contribution in [2.75, 3.05) is 19.7 Å². The molecule has 1 amide bonds. The molecule has 5 heteroatoms. The molecule has 1 fully saturated rings. The molecule has 1 saturated heterocycles. The number of likely N-dealkylation sites (tertiary alicyclic amines) is 1. The van der Waals surface area contributed by atoms with Crippen LogP contribution in [0.15, 0.2) is 67.3 Å². The van der Waals surface area contributed by atoms with Crippen LogP contribution in [-0.2, 0) is 16.1 Å². The second kappa shape index (κ2) is 10.5. The molecular weight excluding hydrogens is 390 g/mol. The van der Waals surface area contributed by atoms with Crippen molar-refractivity contribution in [3.63, 3.8) is 0 Å². The van der Waals surface area contributed by atoms with E-state index in [0.717, 1.165) is 17.7 Å². The predicted octanol–water partition coefficient (Wildman–Crippen LogP) is 5.56. The molecule has 5 nitrogen and oxygen atoms in total.